The summed E-state index contributed by atoms with van der Waals surface area (Å²) in [7, 11) is 0. The first kappa shape index (κ1) is 17.1. The topological polar surface area (TPSA) is 91.3 Å². The molecule has 3 aromatic rings. The predicted octanol–water partition coefficient (Wildman–Crippen LogP) is 4.24. The summed E-state index contributed by atoms with van der Waals surface area (Å²) < 4.78 is 0. The molecule has 4 rings (SSSR count). The van der Waals surface area contributed by atoms with E-state index in [1.54, 1.807) is 6.07 Å². The number of benzene rings is 2. The van der Waals surface area contributed by atoms with Gasteiger partial charge in [-0.1, -0.05) is 0 Å². The molecule has 1 saturated heterocycles. The minimum atomic E-state index is -0.473. The Morgan fingerprint density at radius 1 is 1.15 bits per heavy atom. The van der Waals surface area contributed by atoms with Crippen LogP contribution in [0.3, 0.4) is 0 Å². The molecule has 0 saturated carbocycles. The normalized spacial score (nSPS) is 13.9. The molecule has 1 aliphatic rings. The van der Waals surface area contributed by atoms with Crippen molar-refractivity contribution in [3.05, 3.63) is 63.8 Å². The van der Waals surface area contributed by atoms with Gasteiger partial charge in [0, 0.05) is 47.5 Å². The maximum absolute atomic E-state index is 12.9. The van der Waals surface area contributed by atoms with Gasteiger partial charge >= 0.3 is 0 Å². The maximum atomic E-state index is 12.9. The van der Waals surface area contributed by atoms with Gasteiger partial charge in [-0.05, 0) is 50.1 Å². The van der Waals surface area contributed by atoms with E-state index in [0.29, 0.717) is 11.3 Å². The van der Waals surface area contributed by atoms with Crippen LogP contribution in [0, 0.1) is 17.0 Å². The quantitative estimate of drug-likeness (QED) is 0.535. The van der Waals surface area contributed by atoms with Crippen molar-refractivity contribution in [3.8, 4) is 0 Å². The molecule has 0 atom stereocenters. The second kappa shape index (κ2) is 6.75. The number of nitro benzene ring substituents is 1. The Kier molecular flexibility index (Phi) is 4.27. The van der Waals surface area contributed by atoms with Gasteiger partial charge in [0.25, 0.3) is 11.6 Å². The molecule has 0 bridgehead atoms. The predicted molar refractivity (Wildman–Crippen MR) is 106 cm³/mol. The Hall–Kier alpha value is -3.35. The molecule has 138 valence electrons. The summed E-state index contributed by atoms with van der Waals surface area (Å²) in [5, 5.41) is 15.1. The number of aromatic amines is 1. The lowest BCUT2D eigenvalue weighted by molar-refractivity contribution is -0.384. The van der Waals surface area contributed by atoms with Crippen molar-refractivity contribution in [2.24, 2.45) is 0 Å². The van der Waals surface area contributed by atoms with Crippen LogP contribution in [-0.2, 0) is 0 Å². The fraction of sp³-hybridized carbons (Fsp3) is 0.250. The van der Waals surface area contributed by atoms with Crippen LogP contribution in [0.4, 0.5) is 17.1 Å². The monoisotopic (exact) mass is 364 g/mol. The van der Waals surface area contributed by atoms with E-state index >= 15 is 0 Å². The van der Waals surface area contributed by atoms with Gasteiger partial charge in [-0.25, -0.2) is 0 Å². The lowest BCUT2D eigenvalue weighted by Crippen LogP contribution is -2.23. The molecular weight excluding hydrogens is 344 g/mol. The second-order valence-electron chi connectivity index (χ2n) is 6.86. The molecule has 0 spiro atoms. The highest BCUT2D eigenvalue weighted by Gasteiger charge is 2.22. The van der Waals surface area contributed by atoms with Gasteiger partial charge < -0.3 is 15.2 Å². The third kappa shape index (κ3) is 3.36. The van der Waals surface area contributed by atoms with Gasteiger partial charge in [0.15, 0.2) is 0 Å². The van der Waals surface area contributed by atoms with Crippen LogP contribution < -0.4 is 10.2 Å². The zero-order valence-electron chi connectivity index (χ0n) is 15.0. The van der Waals surface area contributed by atoms with Crippen molar-refractivity contribution >= 4 is 33.9 Å². The molecule has 2 aromatic carbocycles. The fourth-order valence-corrected chi connectivity index (χ4v) is 3.61. The number of rotatable bonds is 4. The number of carbonyl (C=O) groups is 1. The van der Waals surface area contributed by atoms with Crippen molar-refractivity contribution in [3.63, 3.8) is 0 Å². The molecule has 1 aromatic heterocycles. The number of hydrogen-bond donors (Lipinski definition) is 2. The van der Waals surface area contributed by atoms with E-state index in [0.717, 1.165) is 48.2 Å². The lowest BCUT2D eigenvalue weighted by atomic mass is 10.1. The van der Waals surface area contributed by atoms with Gasteiger partial charge in [0.05, 0.1) is 16.2 Å². The smallest absolute Gasteiger partial charge is 0.270 e. The highest BCUT2D eigenvalue weighted by molar-refractivity contribution is 6.09. The van der Waals surface area contributed by atoms with Crippen molar-refractivity contribution in [2.45, 2.75) is 19.8 Å². The van der Waals surface area contributed by atoms with Gasteiger partial charge in [-0.2, -0.15) is 0 Å². The summed E-state index contributed by atoms with van der Waals surface area (Å²) >= 11 is 0. The minimum Gasteiger partial charge on any atom is -0.371 e. The van der Waals surface area contributed by atoms with Crippen molar-refractivity contribution < 1.29 is 9.72 Å². The van der Waals surface area contributed by atoms with Crippen LogP contribution in [-0.4, -0.2) is 28.9 Å². The zero-order valence-corrected chi connectivity index (χ0v) is 15.0. The average Bonchev–Trinajstić information content (AvgIpc) is 3.29. The van der Waals surface area contributed by atoms with Crippen LogP contribution in [0.5, 0.6) is 0 Å². The van der Waals surface area contributed by atoms with Crippen molar-refractivity contribution in [2.75, 3.05) is 23.3 Å². The Bertz CT molecular complexity index is 1030. The highest BCUT2D eigenvalue weighted by atomic mass is 16.6. The van der Waals surface area contributed by atoms with Gasteiger partial charge in [0.1, 0.15) is 0 Å². The summed E-state index contributed by atoms with van der Waals surface area (Å²) in [6, 6.07) is 12.1. The molecule has 7 heteroatoms. The molecule has 1 aliphatic heterocycles. The summed E-state index contributed by atoms with van der Waals surface area (Å²) in [6.45, 7) is 3.68. The minimum absolute atomic E-state index is 0.0835. The summed E-state index contributed by atoms with van der Waals surface area (Å²) in [5.41, 5.74) is 3.69. The van der Waals surface area contributed by atoms with Gasteiger partial charge in [-0.15, -0.1) is 0 Å². The average molecular weight is 364 g/mol. The molecule has 2 N–H and O–H groups in total. The number of non-ortho nitro benzene ring substituents is 1. The fourth-order valence-electron chi connectivity index (χ4n) is 3.61. The van der Waals surface area contributed by atoms with E-state index in [2.05, 4.69) is 15.2 Å². The zero-order chi connectivity index (χ0) is 19.0. The molecule has 0 aliphatic carbocycles. The van der Waals surface area contributed by atoms with Gasteiger partial charge in [0.2, 0.25) is 0 Å². The number of carbonyl (C=O) groups excluding carboxylic acids is 1. The first-order chi connectivity index (χ1) is 13.0. The van der Waals surface area contributed by atoms with E-state index in [1.807, 2.05) is 31.2 Å². The molecule has 7 nitrogen and oxygen atoms in total. The lowest BCUT2D eigenvalue weighted by Gasteiger charge is -2.21. The molecule has 2 heterocycles. The number of nitrogens with zero attached hydrogens (tertiary/aromatic N) is 2. The van der Waals surface area contributed by atoms with Crippen molar-refractivity contribution in [1.82, 2.24) is 4.98 Å². The Morgan fingerprint density at radius 2 is 1.93 bits per heavy atom. The van der Waals surface area contributed by atoms with Crippen LogP contribution >= 0.6 is 0 Å². The number of anilines is 2. The van der Waals surface area contributed by atoms with Crippen LogP contribution in [0.25, 0.3) is 10.9 Å². The number of aromatic nitrogens is 1. The van der Waals surface area contributed by atoms with Crippen molar-refractivity contribution in [1.29, 1.82) is 0 Å². The molecule has 27 heavy (non-hydrogen) atoms. The Labute approximate surface area is 156 Å². The number of amides is 1. The summed E-state index contributed by atoms with van der Waals surface area (Å²) in [4.78, 5) is 29.0. The van der Waals surface area contributed by atoms with Crippen LogP contribution in [0.2, 0.25) is 0 Å². The molecule has 0 radical (unpaired) electrons. The van der Waals surface area contributed by atoms with E-state index in [9.17, 15) is 14.9 Å². The second-order valence-corrected chi connectivity index (χ2v) is 6.86. The SMILES string of the molecule is Cc1cc2cc(NC(=O)c3cc([N+](=O)[O-])ccc3N3CCCC3)ccc2[nH]1. The molecular formula is C20H20N4O3. The van der Waals surface area contributed by atoms with E-state index in [1.165, 1.54) is 12.1 Å². The van der Waals surface area contributed by atoms with Crippen LogP contribution in [0.1, 0.15) is 28.9 Å². The third-order valence-corrected chi connectivity index (χ3v) is 4.90. The van der Waals surface area contributed by atoms with E-state index in [-0.39, 0.29) is 11.6 Å². The highest BCUT2D eigenvalue weighted by Crippen LogP contribution is 2.29. The number of nitrogens with one attached hydrogen (secondary N) is 2. The number of nitro groups is 1. The largest absolute Gasteiger partial charge is 0.371 e. The standard InChI is InChI=1S/C20H20N4O3/c1-13-10-14-11-15(4-6-18(14)21-13)22-20(25)17-12-16(24(26)27)5-7-19(17)23-8-2-3-9-23/h4-7,10-12,21H,2-3,8-9H2,1H3,(H,22,25). The Morgan fingerprint density at radius 3 is 2.67 bits per heavy atom. The summed E-state index contributed by atoms with van der Waals surface area (Å²) in [5.74, 6) is -0.341. The van der Waals surface area contributed by atoms with E-state index in [4.69, 9.17) is 0 Å². The first-order valence-corrected chi connectivity index (χ1v) is 8.95. The molecule has 1 amide bonds. The summed E-state index contributed by atoms with van der Waals surface area (Å²) in [6.07, 6.45) is 2.11. The number of fused-ring (bicyclic) bond motifs is 1. The third-order valence-electron chi connectivity index (χ3n) is 4.90. The number of aryl methyl sites for hydroxylation is 1. The molecule has 0 unspecified atom stereocenters. The Balaban J connectivity index is 1.67. The first-order valence-electron chi connectivity index (χ1n) is 8.95. The van der Waals surface area contributed by atoms with Crippen LogP contribution in [0.15, 0.2) is 42.5 Å². The molecule has 1 fully saturated rings. The maximum Gasteiger partial charge on any atom is 0.270 e. The number of H-pyrrole nitrogens is 1. The number of hydrogen-bond acceptors (Lipinski definition) is 4. The van der Waals surface area contributed by atoms with Gasteiger partial charge in [-0.3, -0.25) is 14.9 Å². The van der Waals surface area contributed by atoms with E-state index < -0.39 is 4.92 Å².